The molecule has 3 aromatic rings. The lowest BCUT2D eigenvalue weighted by atomic mass is 9.77. The SMILES string of the molecule is CC(C)Cc1cn([C@@H]2C[C@@H]3CN(Cc4ccc(-c5ccn[nH]5)o4)C[C@@H]3C[C@H]2O)nn1. The quantitative estimate of drug-likeness (QED) is 0.649. The molecule has 1 aliphatic carbocycles. The number of aliphatic hydroxyl groups is 1. The number of nitrogens with one attached hydrogen (secondary N) is 1. The van der Waals surface area contributed by atoms with Gasteiger partial charge in [-0.05, 0) is 55.2 Å². The fraction of sp³-hybridized carbons (Fsp3) is 0.591. The number of likely N-dealkylation sites (tertiary alicyclic amines) is 1. The van der Waals surface area contributed by atoms with Crippen molar-refractivity contribution in [2.45, 2.75) is 51.8 Å². The van der Waals surface area contributed by atoms with Crippen LogP contribution in [0.5, 0.6) is 0 Å². The zero-order chi connectivity index (χ0) is 20.7. The molecular weight excluding hydrogens is 380 g/mol. The number of furan rings is 1. The summed E-state index contributed by atoms with van der Waals surface area (Å²) in [5, 5.41) is 26.4. The Morgan fingerprint density at radius 3 is 2.80 bits per heavy atom. The first kappa shape index (κ1) is 19.5. The first-order valence-corrected chi connectivity index (χ1v) is 10.9. The molecule has 0 bridgehead atoms. The van der Waals surface area contributed by atoms with Crippen LogP contribution in [0.25, 0.3) is 11.5 Å². The topological polar surface area (TPSA) is 96.0 Å². The molecule has 2 N–H and O–H groups in total. The highest BCUT2D eigenvalue weighted by Crippen LogP contribution is 2.41. The van der Waals surface area contributed by atoms with Gasteiger partial charge in [0, 0.05) is 25.5 Å². The second-order valence-corrected chi connectivity index (χ2v) is 9.34. The van der Waals surface area contributed by atoms with Gasteiger partial charge in [0.1, 0.15) is 11.5 Å². The van der Waals surface area contributed by atoms with Crippen LogP contribution >= 0.6 is 0 Å². The van der Waals surface area contributed by atoms with Crippen molar-refractivity contribution in [2.24, 2.45) is 17.8 Å². The molecule has 30 heavy (non-hydrogen) atoms. The Labute approximate surface area is 176 Å². The number of hydrogen-bond acceptors (Lipinski definition) is 6. The third-order valence-corrected chi connectivity index (χ3v) is 6.51. The van der Waals surface area contributed by atoms with E-state index in [2.05, 4.69) is 39.3 Å². The molecule has 8 nitrogen and oxygen atoms in total. The third-order valence-electron chi connectivity index (χ3n) is 6.51. The summed E-state index contributed by atoms with van der Waals surface area (Å²) in [5.74, 6) is 3.42. The Bertz CT molecular complexity index is 962. The predicted octanol–water partition coefficient (Wildman–Crippen LogP) is 2.90. The largest absolute Gasteiger partial charge is 0.458 e. The van der Waals surface area contributed by atoms with E-state index in [1.54, 1.807) is 6.20 Å². The van der Waals surface area contributed by atoms with Crippen LogP contribution in [0.1, 0.15) is 44.2 Å². The number of H-pyrrole nitrogens is 1. The number of aromatic nitrogens is 5. The number of rotatable bonds is 6. The first-order valence-electron chi connectivity index (χ1n) is 10.9. The van der Waals surface area contributed by atoms with E-state index < -0.39 is 0 Å². The minimum atomic E-state index is -0.365. The van der Waals surface area contributed by atoms with E-state index in [0.717, 1.165) is 61.8 Å². The van der Waals surface area contributed by atoms with Gasteiger partial charge in [-0.15, -0.1) is 5.10 Å². The summed E-state index contributed by atoms with van der Waals surface area (Å²) in [4.78, 5) is 2.45. The molecule has 1 saturated heterocycles. The van der Waals surface area contributed by atoms with Crippen molar-refractivity contribution < 1.29 is 9.52 Å². The lowest BCUT2D eigenvalue weighted by molar-refractivity contribution is 0.0298. The number of aliphatic hydroxyl groups excluding tert-OH is 1. The molecule has 0 spiro atoms. The molecule has 4 heterocycles. The Hall–Kier alpha value is -2.45. The molecule has 2 aliphatic rings. The summed E-state index contributed by atoms with van der Waals surface area (Å²) in [5.41, 5.74) is 1.91. The maximum absolute atomic E-state index is 10.8. The van der Waals surface area contributed by atoms with Crippen LogP contribution in [-0.4, -0.2) is 54.4 Å². The van der Waals surface area contributed by atoms with Crippen LogP contribution in [0.15, 0.2) is 35.0 Å². The molecule has 0 radical (unpaired) electrons. The maximum atomic E-state index is 10.8. The number of aromatic amines is 1. The van der Waals surface area contributed by atoms with Gasteiger partial charge in [0.25, 0.3) is 0 Å². The van der Waals surface area contributed by atoms with Crippen LogP contribution in [0.4, 0.5) is 0 Å². The lowest BCUT2D eigenvalue weighted by Crippen LogP contribution is -2.36. The summed E-state index contributed by atoms with van der Waals surface area (Å²) in [6.45, 7) is 7.20. The van der Waals surface area contributed by atoms with Crippen molar-refractivity contribution in [3.8, 4) is 11.5 Å². The fourth-order valence-electron chi connectivity index (χ4n) is 5.13. The summed E-state index contributed by atoms with van der Waals surface area (Å²) in [6, 6.07) is 5.97. The molecule has 0 aromatic carbocycles. The zero-order valence-electron chi connectivity index (χ0n) is 17.6. The van der Waals surface area contributed by atoms with Crippen LogP contribution in [0.3, 0.4) is 0 Å². The van der Waals surface area contributed by atoms with Gasteiger partial charge in [-0.2, -0.15) is 5.10 Å². The van der Waals surface area contributed by atoms with Gasteiger partial charge in [0.15, 0.2) is 5.76 Å². The van der Waals surface area contributed by atoms with Crippen molar-refractivity contribution in [1.82, 2.24) is 30.1 Å². The van der Waals surface area contributed by atoms with E-state index >= 15 is 0 Å². The molecule has 0 unspecified atom stereocenters. The zero-order valence-corrected chi connectivity index (χ0v) is 17.6. The van der Waals surface area contributed by atoms with Crippen LogP contribution in [0, 0.1) is 17.8 Å². The molecule has 0 amide bonds. The van der Waals surface area contributed by atoms with Crippen molar-refractivity contribution in [3.63, 3.8) is 0 Å². The van der Waals surface area contributed by atoms with Crippen molar-refractivity contribution >= 4 is 0 Å². The summed E-state index contributed by atoms with van der Waals surface area (Å²) in [7, 11) is 0. The van der Waals surface area contributed by atoms with Crippen molar-refractivity contribution in [3.05, 3.63) is 42.0 Å². The van der Waals surface area contributed by atoms with E-state index in [0.29, 0.717) is 17.8 Å². The molecule has 1 aliphatic heterocycles. The molecule has 1 saturated carbocycles. The molecule has 160 valence electrons. The number of nitrogens with zero attached hydrogens (tertiary/aromatic N) is 5. The molecule has 8 heteroatoms. The van der Waals surface area contributed by atoms with Crippen LogP contribution in [0.2, 0.25) is 0 Å². The van der Waals surface area contributed by atoms with Gasteiger partial charge in [-0.25, -0.2) is 4.68 Å². The molecular formula is C22H30N6O2. The first-order chi connectivity index (χ1) is 14.5. The van der Waals surface area contributed by atoms with Gasteiger partial charge in [-0.1, -0.05) is 19.1 Å². The molecule has 3 aromatic heterocycles. The average molecular weight is 411 g/mol. The van der Waals surface area contributed by atoms with E-state index in [9.17, 15) is 5.11 Å². The highest BCUT2D eigenvalue weighted by atomic mass is 16.3. The van der Waals surface area contributed by atoms with E-state index in [1.165, 1.54) is 0 Å². The standard InChI is InChI=1S/C22H30N6O2/c1-14(2)7-17-12-28(26-24-17)20-8-15-10-27(11-16(15)9-21(20)29)13-18-3-4-22(30-18)19-5-6-23-25-19/h3-6,12,14-16,20-21,29H,7-11,13H2,1-2H3,(H,23,25)/t15-,16+,20-,21-/m1/s1. The van der Waals surface area contributed by atoms with Gasteiger partial charge >= 0.3 is 0 Å². The lowest BCUT2D eigenvalue weighted by Gasteiger charge is -2.35. The minimum Gasteiger partial charge on any atom is -0.458 e. The van der Waals surface area contributed by atoms with E-state index in [-0.39, 0.29) is 12.1 Å². The average Bonchev–Trinajstić information content (AvgIpc) is 3.47. The van der Waals surface area contributed by atoms with E-state index in [1.807, 2.05) is 29.1 Å². The highest BCUT2D eigenvalue weighted by molar-refractivity contribution is 5.51. The smallest absolute Gasteiger partial charge is 0.152 e. The Kier molecular flexibility index (Phi) is 5.20. The Morgan fingerprint density at radius 2 is 2.03 bits per heavy atom. The van der Waals surface area contributed by atoms with E-state index in [4.69, 9.17) is 4.42 Å². The second-order valence-electron chi connectivity index (χ2n) is 9.34. The van der Waals surface area contributed by atoms with Crippen LogP contribution in [-0.2, 0) is 13.0 Å². The predicted molar refractivity (Wildman–Crippen MR) is 111 cm³/mol. The van der Waals surface area contributed by atoms with Gasteiger partial charge < -0.3 is 9.52 Å². The van der Waals surface area contributed by atoms with Gasteiger partial charge in [0.2, 0.25) is 0 Å². The minimum absolute atomic E-state index is 0.0233. The van der Waals surface area contributed by atoms with Crippen molar-refractivity contribution in [1.29, 1.82) is 0 Å². The van der Waals surface area contributed by atoms with Gasteiger partial charge in [-0.3, -0.25) is 10.00 Å². The van der Waals surface area contributed by atoms with Crippen molar-refractivity contribution in [2.75, 3.05) is 13.1 Å². The molecule has 4 atom stereocenters. The number of fused-ring (bicyclic) bond motifs is 1. The summed E-state index contributed by atoms with van der Waals surface area (Å²) < 4.78 is 7.91. The molecule has 2 fully saturated rings. The summed E-state index contributed by atoms with van der Waals surface area (Å²) in [6.07, 6.45) is 6.08. The third kappa shape index (κ3) is 3.94. The monoisotopic (exact) mass is 410 g/mol. The van der Waals surface area contributed by atoms with Gasteiger partial charge in [0.05, 0.1) is 24.4 Å². The van der Waals surface area contributed by atoms with Crippen LogP contribution < -0.4 is 0 Å². The second kappa shape index (κ2) is 8.00. The summed E-state index contributed by atoms with van der Waals surface area (Å²) >= 11 is 0. The fourth-order valence-corrected chi connectivity index (χ4v) is 5.13. The Morgan fingerprint density at radius 1 is 1.20 bits per heavy atom. The Balaban J connectivity index is 1.22. The normalized spacial score (nSPS) is 27.1. The molecule has 5 rings (SSSR count). The number of hydrogen-bond donors (Lipinski definition) is 2. The maximum Gasteiger partial charge on any atom is 0.152 e. The highest BCUT2D eigenvalue weighted by Gasteiger charge is 2.42.